The molecule has 0 aromatic heterocycles. The van der Waals surface area contributed by atoms with Gasteiger partial charge < -0.3 is 10.1 Å². The molecule has 1 N–H and O–H groups in total. The Balaban J connectivity index is 2.97. The number of carbonyl (C=O) groups is 1. The molecular formula is C14H18NO3. The van der Waals surface area contributed by atoms with Crippen molar-refractivity contribution in [1.82, 2.24) is 5.32 Å². The second-order valence-corrected chi connectivity index (χ2v) is 4.94. The minimum absolute atomic E-state index is 0.249. The number of rotatable bonds is 3. The van der Waals surface area contributed by atoms with Crippen molar-refractivity contribution in [2.24, 2.45) is 5.41 Å². The first-order chi connectivity index (χ1) is 8.36. The van der Waals surface area contributed by atoms with Crippen molar-refractivity contribution >= 4 is 5.91 Å². The Kier molecular flexibility index (Phi) is 4.37. The number of methoxy groups -OCH3 is 1. The van der Waals surface area contributed by atoms with Crippen LogP contribution in [0.3, 0.4) is 0 Å². The van der Waals surface area contributed by atoms with Crippen LogP contribution in [-0.2, 0) is 9.84 Å². The molecule has 97 valence electrons. The summed E-state index contributed by atoms with van der Waals surface area (Å²) in [5, 5.41) is 14.3. The maximum Gasteiger partial charge on any atom is 0.350 e. The predicted octanol–water partition coefficient (Wildman–Crippen LogP) is 2.71. The highest BCUT2D eigenvalue weighted by atomic mass is 16.6. The molecule has 0 saturated heterocycles. The molecule has 0 aliphatic rings. The van der Waals surface area contributed by atoms with Crippen LogP contribution in [0.2, 0.25) is 0 Å². The van der Waals surface area contributed by atoms with Crippen LogP contribution < -0.4 is 5.32 Å². The Bertz CT molecular complexity index is 444. The summed E-state index contributed by atoms with van der Waals surface area (Å²) in [6.07, 6.45) is 0. The summed E-state index contributed by atoms with van der Waals surface area (Å²) in [4.78, 5) is 12.0. The summed E-state index contributed by atoms with van der Waals surface area (Å²) in [6.45, 7) is 5.51. The highest BCUT2D eigenvalue weighted by Crippen LogP contribution is 2.25. The fraction of sp³-hybridized carbons (Fsp3) is 0.357. The number of amides is 1. The molecule has 0 bridgehead atoms. The molecule has 0 atom stereocenters. The summed E-state index contributed by atoms with van der Waals surface area (Å²) >= 11 is 0. The van der Waals surface area contributed by atoms with Crippen molar-refractivity contribution in [2.45, 2.75) is 20.8 Å². The number of hydrogen-bond acceptors (Lipinski definition) is 2. The van der Waals surface area contributed by atoms with E-state index in [0.29, 0.717) is 5.56 Å². The Morgan fingerprint density at radius 3 is 2.17 bits per heavy atom. The molecule has 1 aromatic rings. The molecule has 1 radical (unpaired) electrons. The number of benzene rings is 1. The van der Waals surface area contributed by atoms with Gasteiger partial charge in [-0.1, -0.05) is 39.0 Å². The molecule has 0 aliphatic carbocycles. The first-order valence-electron chi connectivity index (χ1n) is 5.68. The second kappa shape index (κ2) is 5.58. The van der Waals surface area contributed by atoms with E-state index in [9.17, 15) is 9.90 Å². The molecule has 0 fully saturated rings. The van der Waals surface area contributed by atoms with Crippen LogP contribution in [0.4, 0.5) is 0 Å². The quantitative estimate of drug-likeness (QED) is 0.836. The zero-order valence-electron chi connectivity index (χ0n) is 11.1. The Hall–Kier alpha value is -1.97. The van der Waals surface area contributed by atoms with Crippen LogP contribution in [0.25, 0.3) is 0 Å². The predicted molar refractivity (Wildman–Crippen MR) is 68.1 cm³/mol. The lowest BCUT2D eigenvalue weighted by molar-refractivity contribution is 0.0689. The lowest BCUT2D eigenvalue weighted by atomic mass is 9.92. The van der Waals surface area contributed by atoms with Gasteiger partial charge in [-0.05, 0) is 12.1 Å². The fourth-order valence-electron chi connectivity index (χ4n) is 1.42. The van der Waals surface area contributed by atoms with Crippen LogP contribution in [0, 0.1) is 5.41 Å². The van der Waals surface area contributed by atoms with Gasteiger partial charge >= 0.3 is 5.95 Å². The van der Waals surface area contributed by atoms with Crippen LogP contribution in [0.15, 0.2) is 42.0 Å². The number of hydrogen-bond donors (Lipinski definition) is 1. The van der Waals surface area contributed by atoms with Gasteiger partial charge in [0.25, 0.3) is 5.91 Å². The van der Waals surface area contributed by atoms with Gasteiger partial charge in [0.15, 0.2) is 0 Å². The number of ether oxygens (including phenoxy) is 1. The minimum Gasteiger partial charge on any atom is -0.465 e. The first-order valence-corrected chi connectivity index (χ1v) is 5.68. The highest BCUT2D eigenvalue weighted by molar-refractivity contribution is 5.95. The lowest BCUT2D eigenvalue weighted by Crippen LogP contribution is -2.31. The van der Waals surface area contributed by atoms with Crippen LogP contribution in [-0.4, -0.2) is 13.0 Å². The van der Waals surface area contributed by atoms with E-state index in [-0.39, 0.29) is 11.6 Å². The number of nitrogens with one attached hydrogen (secondary N) is 1. The highest BCUT2D eigenvalue weighted by Gasteiger charge is 2.26. The van der Waals surface area contributed by atoms with Gasteiger partial charge in [-0.2, -0.15) is 0 Å². The molecule has 0 unspecified atom stereocenters. The fourth-order valence-corrected chi connectivity index (χ4v) is 1.42. The Labute approximate surface area is 107 Å². The number of carbonyl (C=O) groups excluding carboxylic acids is 1. The first kappa shape index (κ1) is 14.1. The smallest absolute Gasteiger partial charge is 0.350 e. The zero-order valence-corrected chi connectivity index (χ0v) is 11.1. The largest absolute Gasteiger partial charge is 0.465 e. The summed E-state index contributed by atoms with van der Waals surface area (Å²) < 4.78 is 4.68. The molecular weight excluding hydrogens is 230 g/mol. The molecule has 4 heteroatoms. The van der Waals surface area contributed by atoms with Gasteiger partial charge in [0, 0.05) is 11.0 Å². The number of allylic oxidation sites excluding steroid dienone is 1. The van der Waals surface area contributed by atoms with Crippen molar-refractivity contribution in [3.63, 3.8) is 0 Å². The topological polar surface area (TPSA) is 58.2 Å². The SMILES string of the molecule is COC([O])=C(NC(=O)c1ccccc1)C(C)(C)C. The molecule has 1 aromatic carbocycles. The zero-order chi connectivity index (χ0) is 13.8. The third-order valence-corrected chi connectivity index (χ3v) is 2.41. The van der Waals surface area contributed by atoms with Crippen molar-refractivity contribution in [3.05, 3.63) is 47.5 Å². The molecule has 1 amide bonds. The second-order valence-electron chi connectivity index (χ2n) is 4.94. The van der Waals surface area contributed by atoms with Gasteiger partial charge in [0.2, 0.25) is 0 Å². The third-order valence-electron chi connectivity index (χ3n) is 2.41. The maximum absolute atomic E-state index is 12.0. The van der Waals surface area contributed by atoms with Crippen molar-refractivity contribution in [2.75, 3.05) is 7.11 Å². The van der Waals surface area contributed by atoms with Crippen molar-refractivity contribution in [1.29, 1.82) is 0 Å². The van der Waals surface area contributed by atoms with E-state index >= 15 is 0 Å². The average Bonchev–Trinajstić information content (AvgIpc) is 2.34. The van der Waals surface area contributed by atoms with E-state index in [0.717, 1.165) is 0 Å². The Morgan fingerprint density at radius 2 is 1.72 bits per heavy atom. The van der Waals surface area contributed by atoms with Crippen LogP contribution >= 0.6 is 0 Å². The summed E-state index contributed by atoms with van der Waals surface area (Å²) in [5.41, 5.74) is 0.263. The lowest BCUT2D eigenvalue weighted by Gasteiger charge is -2.23. The monoisotopic (exact) mass is 248 g/mol. The van der Waals surface area contributed by atoms with Crippen molar-refractivity contribution < 1.29 is 14.6 Å². The molecule has 18 heavy (non-hydrogen) atoms. The summed E-state index contributed by atoms with van der Waals surface area (Å²) in [6, 6.07) is 8.74. The Morgan fingerprint density at radius 1 is 1.17 bits per heavy atom. The van der Waals surface area contributed by atoms with Gasteiger partial charge in [0.05, 0.1) is 7.11 Å². The summed E-state index contributed by atoms with van der Waals surface area (Å²) in [5.74, 6) is -0.835. The average molecular weight is 248 g/mol. The van der Waals surface area contributed by atoms with Crippen molar-refractivity contribution in [3.8, 4) is 0 Å². The van der Waals surface area contributed by atoms with E-state index in [4.69, 9.17) is 0 Å². The molecule has 0 saturated carbocycles. The van der Waals surface area contributed by atoms with E-state index in [1.807, 2.05) is 26.8 Å². The van der Waals surface area contributed by atoms with Crippen LogP contribution in [0.5, 0.6) is 0 Å². The molecule has 0 aliphatic heterocycles. The van der Waals surface area contributed by atoms with E-state index in [2.05, 4.69) is 10.1 Å². The van der Waals surface area contributed by atoms with E-state index < -0.39 is 11.4 Å². The molecule has 0 spiro atoms. The maximum atomic E-state index is 12.0. The molecule has 0 heterocycles. The standard InChI is InChI=1S/C14H18NO3/c1-14(2,3)11(13(17)18-4)15-12(16)10-8-6-5-7-9-10/h5-9H,1-4H3,(H,15,16). The van der Waals surface area contributed by atoms with Gasteiger partial charge in [0.1, 0.15) is 5.70 Å². The van der Waals surface area contributed by atoms with Gasteiger partial charge in [-0.25, -0.2) is 5.11 Å². The molecule has 4 nitrogen and oxygen atoms in total. The van der Waals surface area contributed by atoms with Crippen LogP contribution in [0.1, 0.15) is 31.1 Å². The van der Waals surface area contributed by atoms with E-state index in [1.165, 1.54) is 7.11 Å². The van der Waals surface area contributed by atoms with E-state index in [1.54, 1.807) is 24.3 Å². The minimum atomic E-state index is -0.521. The summed E-state index contributed by atoms with van der Waals surface area (Å²) in [7, 11) is 1.29. The molecule has 1 rings (SSSR count). The van der Waals surface area contributed by atoms with Gasteiger partial charge in [-0.15, -0.1) is 0 Å². The van der Waals surface area contributed by atoms with Gasteiger partial charge in [-0.3, -0.25) is 4.79 Å². The normalized spacial score (nSPS) is 12.7. The third kappa shape index (κ3) is 3.52.